The van der Waals surface area contributed by atoms with Crippen LogP contribution in [0.1, 0.15) is 11.3 Å². The Hall–Kier alpha value is -4.29. The van der Waals surface area contributed by atoms with Crippen molar-refractivity contribution in [3.05, 3.63) is 65.9 Å². The first-order valence-corrected chi connectivity index (χ1v) is 8.88. The summed E-state index contributed by atoms with van der Waals surface area (Å²) < 4.78 is 52.0. The molecule has 0 aliphatic rings. The van der Waals surface area contributed by atoms with E-state index in [-0.39, 0.29) is 17.5 Å². The zero-order valence-electron chi connectivity index (χ0n) is 16.1. The number of anilines is 4. The molecule has 0 atom stereocenters. The number of carbonyl (C=O) groups is 1. The number of pyridine rings is 1. The summed E-state index contributed by atoms with van der Waals surface area (Å²) >= 11 is 0. The number of hydrazone groups is 1. The van der Waals surface area contributed by atoms with Crippen molar-refractivity contribution >= 4 is 35.3 Å². The molecule has 0 spiro atoms. The van der Waals surface area contributed by atoms with E-state index in [4.69, 9.17) is 5.11 Å². The van der Waals surface area contributed by atoms with Gasteiger partial charge in [0.25, 0.3) is 0 Å². The van der Waals surface area contributed by atoms with E-state index in [2.05, 4.69) is 36.1 Å². The third kappa shape index (κ3) is 6.35. The number of carboxylic acid groups (broad SMARTS) is 1. The van der Waals surface area contributed by atoms with Crippen molar-refractivity contribution in [3.8, 4) is 0 Å². The van der Waals surface area contributed by atoms with Crippen LogP contribution in [0.5, 0.6) is 0 Å². The molecule has 0 amide bonds. The van der Waals surface area contributed by atoms with Gasteiger partial charge in [-0.15, -0.1) is 0 Å². The fraction of sp³-hybridized carbons (Fsp3) is 0.105. The molecule has 0 bridgehead atoms. The molecule has 13 heteroatoms. The van der Waals surface area contributed by atoms with Crippen LogP contribution in [0.2, 0.25) is 0 Å². The normalized spacial score (nSPS) is 11.4. The Bertz CT molecular complexity index is 1120. The highest BCUT2D eigenvalue weighted by Gasteiger charge is 2.30. The van der Waals surface area contributed by atoms with Gasteiger partial charge in [-0.1, -0.05) is 6.07 Å². The van der Waals surface area contributed by atoms with Gasteiger partial charge < -0.3 is 15.7 Å². The summed E-state index contributed by atoms with van der Waals surface area (Å²) in [5.41, 5.74) is 2.81. The van der Waals surface area contributed by atoms with Crippen LogP contribution in [0, 0.1) is 5.82 Å². The summed E-state index contributed by atoms with van der Waals surface area (Å²) in [6.45, 7) is -0.526. The van der Waals surface area contributed by atoms with Crippen LogP contribution in [0.3, 0.4) is 0 Å². The second-order valence-electron chi connectivity index (χ2n) is 6.18. The molecule has 32 heavy (non-hydrogen) atoms. The predicted octanol–water partition coefficient (Wildman–Crippen LogP) is 3.72. The van der Waals surface area contributed by atoms with Crippen LogP contribution >= 0.6 is 0 Å². The summed E-state index contributed by atoms with van der Waals surface area (Å²) in [6, 6.07) is 7.92. The quantitative estimate of drug-likeness (QED) is 0.233. The number of carboxylic acids is 1. The molecule has 0 aliphatic heterocycles. The van der Waals surface area contributed by atoms with Gasteiger partial charge in [-0.05, 0) is 30.3 Å². The molecule has 2 heterocycles. The van der Waals surface area contributed by atoms with Crippen molar-refractivity contribution < 1.29 is 27.5 Å². The zero-order valence-corrected chi connectivity index (χ0v) is 16.1. The molecular weight excluding hydrogens is 434 g/mol. The number of hydrogen-bond acceptors (Lipinski definition) is 8. The topological polar surface area (TPSA) is 124 Å². The lowest BCUT2D eigenvalue weighted by molar-refractivity contribution is -0.137. The van der Waals surface area contributed by atoms with Crippen LogP contribution in [0.25, 0.3) is 0 Å². The van der Waals surface area contributed by atoms with E-state index in [0.29, 0.717) is 11.4 Å². The van der Waals surface area contributed by atoms with Crippen LogP contribution in [0.4, 0.5) is 40.7 Å². The highest BCUT2D eigenvalue weighted by atomic mass is 19.4. The second-order valence-corrected chi connectivity index (χ2v) is 6.18. The van der Waals surface area contributed by atoms with Crippen molar-refractivity contribution in [1.82, 2.24) is 15.0 Å². The number of benzene rings is 1. The van der Waals surface area contributed by atoms with Crippen LogP contribution in [-0.2, 0) is 11.0 Å². The largest absolute Gasteiger partial charge is 0.480 e. The third-order valence-corrected chi connectivity index (χ3v) is 3.78. The van der Waals surface area contributed by atoms with Gasteiger partial charge in [0.1, 0.15) is 6.54 Å². The second kappa shape index (κ2) is 9.68. The Kier molecular flexibility index (Phi) is 6.77. The van der Waals surface area contributed by atoms with Gasteiger partial charge in [-0.2, -0.15) is 23.3 Å². The van der Waals surface area contributed by atoms with E-state index in [1.165, 1.54) is 24.5 Å². The number of hydrogen-bond donors (Lipinski definition) is 4. The Morgan fingerprint density at radius 1 is 1.12 bits per heavy atom. The van der Waals surface area contributed by atoms with E-state index in [0.717, 1.165) is 18.3 Å². The molecular formula is C19H15F4N7O2. The summed E-state index contributed by atoms with van der Waals surface area (Å²) in [4.78, 5) is 22.1. The maximum atomic E-state index is 13.6. The first kappa shape index (κ1) is 22.4. The number of nitrogens with one attached hydrogen (secondary N) is 3. The Balaban J connectivity index is 1.60. The van der Waals surface area contributed by atoms with E-state index in [9.17, 15) is 22.4 Å². The predicted molar refractivity (Wildman–Crippen MR) is 108 cm³/mol. The standard InChI is InChI=1S/C19H15F4N7O2/c20-15-9-26-18(29-17(15)25-10-16(31)32)30-27-8-13-4-5-14(7-24-13)28-12-3-1-2-11(6-12)19(21,22)23/h1-9,28H,10H2,(H,31,32)(H2,25,26,29,30)/b27-8+. The fourth-order valence-electron chi connectivity index (χ4n) is 2.36. The van der Waals surface area contributed by atoms with Gasteiger partial charge in [0.2, 0.25) is 5.95 Å². The molecule has 0 saturated carbocycles. The maximum Gasteiger partial charge on any atom is 0.416 e. The molecule has 9 nitrogen and oxygen atoms in total. The van der Waals surface area contributed by atoms with E-state index < -0.39 is 30.1 Å². The van der Waals surface area contributed by atoms with Gasteiger partial charge in [-0.25, -0.2) is 14.8 Å². The lowest BCUT2D eigenvalue weighted by Crippen LogP contribution is -2.15. The number of rotatable bonds is 8. The average Bonchev–Trinajstić information content (AvgIpc) is 2.75. The van der Waals surface area contributed by atoms with Crippen molar-refractivity contribution in [1.29, 1.82) is 0 Å². The Morgan fingerprint density at radius 3 is 2.62 bits per heavy atom. The van der Waals surface area contributed by atoms with Crippen LogP contribution in [0.15, 0.2) is 53.9 Å². The Labute approximate surface area is 178 Å². The number of alkyl halides is 3. The van der Waals surface area contributed by atoms with Gasteiger partial charge in [0.05, 0.1) is 35.6 Å². The van der Waals surface area contributed by atoms with Crippen molar-refractivity contribution in [2.75, 3.05) is 22.6 Å². The molecule has 3 rings (SSSR count). The first-order chi connectivity index (χ1) is 15.2. The first-order valence-electron chi connectivity index (χ1n) is 8.88. The summed E-state index contributed by atoms with van der Waals surface area (Å²) in [5, 5.41) is 17.6. The number of aliphatic carboxylic acids is 1. The number of aromatic nitrogens is 3. The average molecular weight is 449 g/mol. The molecule has 4 N–H and O–H groups in total. The minimum Gasteiger partial charge on any atom is -0.480 e. The highest BCUT2D eigenvalue weighted by molar-refractivity contribution is 5.78. The van der Waals surface area contributed by atoms with E-state index >= 15 is 0 Å². The third-order valence-electron chi connectivity index (χ3n) is 3.78. The summed E-state index contributed by atoms with van der Waals surface area (Å²) in [7, 11) is 0. The molecule has 0 aliphatic carbocycles. The minimum absolute atomic E-state index is 0.0848. The minimum atomic E-state index is -4.44. The molecule has 0 unspecified atom stereocenters. The molecule has 1 aromatic carbocycles. The molecule has 2 aromatic heterocycles. The zero-order chi connectivity index (χ0) is 23.1. The monoisotopic (exact) mass is 449 g/mol. The molecule has 3 aromatic rings. The lowest BCUT2D eigenvalue weighted by Gasteiger charge is -2.10. The SMILES string of the molecule is O=C(O)CNc1nc(N/N=C/c2ccc(Nc3cccc(C(F)(F)F)c3)cn2)ncc1F. The molecule has 166 valence electrons. The maximum absolute atomic E-state index is 13.6. The van der Waals surface area contributed by atoms with Crippen molar-refractivity contribution in [2.45, 2.75) is 6.18 Å². The molecule has 0 radical (unpaired) electrons. The van der Waals surface area contributed by atoms with Crippen molar-refractivity contribution in [3.63, 3.8) is 0 Å². The van der Waals surface area contributed by atoms with E-state index in [1.54, 1.807) is 12.1 Å². The van der Waals surface area contributed by atoms with Crippen LogP contribution in [-0.4, -0.2) is 38.8 Å². The fourth-order valence-corrected chi connectivity index (χ4v) is 2.36. The van der Waals surface area contributed by atoms with Crippen LogP contribution < -0.4 is 16.1 Å². The summed E-state index contributed by atoms with van der Waals surface area (Å²) in [6.07, 6.45) is -0.874. The number of halogens is 4. The molecule has 0 saturated heterocycles. The highest BCUT2D eigenvalue weighted by Crippen LogP contribution is 2.31. The molecule has 0 fully saturated rings. The van der Waals surface area contributed by atoms with E-state index in [1.807, 2.05) is 0 Å². The van der Waals surface area contributed by atoms with Gasteiger partial charge in [0, 0.05) is 5.69 Å². The summed E-state index contributed by atoms with van der Waals surface area (Å²) in [5.74, 6) is -2.40. The lowest BCUT2D eigenvalue weighted by atomic mass is 10.2. The number of nitrogens with zero attached hydrogens (tertiary/aromatic N) is 4. The van der Waals surface area contributed by atoms with Gasteiger partial charge in [0.15, 0.2) is 11.6 Å². The Morgan fingerprint density at radius 2 is 1.94 bits per heavy atom. The van der Waals surface area contributed by atoms with Gasteiger partial charge >= 0.3 is 12.1 Å². The van der Waals surface area contributed by atoms with Gasteiger partial charge in [-0.3, -0.25) is 9.78 Å². The smallest absolute Gasteiger partial charge is 0.416 e. The van der Waals surface area contributed by atoms with Crippen molar-refractivity contribution in [2.24, 2.45) is 5.10 Å².